The highest BCUT2D eigenvalue weighted by molar-refractivity contribution is 5.75. The summed E-state index contributed by atoms with van der Waals surface area (Å²) >= 11 is 0. The molecule has 0 heterocycles. The summed E-state index contributed by atoms with van der Waals surface area (Å²) in [6, 6.07) is 3.81. The van der Waals surface area contributed by atoms with Gasteiger partial charge in [-0.25, -0.2) is 13.8 Å². The number of hydrazine groups is 1. The summed E-state index contributed by atoms with van der Waals surface area (Å²) in [4.78, 5) is 11.3. The Bertz CT molecular complexity index is 436. The molecule has 0 fully saturated rings. The van der Waals surface area contributed by atoms with E-state index in [1.807, 2.05) is 13.8 Å². The molecule has 1 aromatic carbocycles. The first kappa shape index (κ1) is 20.5. The Morgan fingerprint density at radius 1 is 1.32 bits per heavy atom. The minimum Gasteiger partial charge on any atom is -0.465 e. The average molecular weight is 316 g/mol. The second kappa shape index (κ2) is 11.1. The summed E-state index contributed by atoms with van der Waals surface area (Å²) in [6.45, 7) is 8.41. The van der Waals surface area contributed by atoms with Crippen LogP contribution in [0, 0.1) is 18.6 Å². The van der Waals surface area contributed by atoms with Crippen LogP contribution in [0.4, 0.5) is 8.78 Å². The highest BCUT2D eigenvalue weighted by atomic mass is 19.2. The third-order valence-electron chi connectivity index (χ3n) is 2.97. The number of nitrogens with zero attached hydrogens (tertiary/aromatic N) is 1. The molecular weight excluding hydrogens is 290 g/mol. The molecule has 22 heavy (non-hydrogen) atoms. The van der Waals surface area contributed by atoms with Gasteiger partial charge in [0.15, 0.2) is 11.6 Å². The van der Waals surface area contributed by atoms with E-state index >= 15 is 0 Å². The molecule has 0 radical (unpaired) electrons. The maximum atomic E-state index is 12.4. The van der Waals surface area contributed by atoms with Gasteiger partial charge in [0.2, 0.25) is 0 Å². The van der Waals surface area contributed by atoms with Gasteiger partial charge < -0.3 is 4.74 Å². The van der Waals surface area contributed by atoms with E-state index in [9.17, 15) is 13.6 Å². The number of esters is 1. The molecule has 0 aromatic heterocycles. The molecule has 0 aliphatic rings. The van der Waals surface area contributed by atoms with Crippen LogP contribution in [0.25, 0.3) is 0 Å². The summed E-state index contributed by atoms with van der Waals surface area (Å²) in [6.07, 6.45) is 1.63. The number of rotatable bonds is 6. The largest absolute Gasteiger partial charge is 0.465 e. The molecule has 0 spiro atoms. The van der Waals surface area contributed by atoms with Gasteiger partial charge in [-0.3, -0.25) is 10.6 Å². The lowest BCUT2D eigenvalue weighted by molar-refractivity contribution is -0.149. The molecule has 0 bridgehead atoms. The number of nitrogens with two attached hydrogens (primary N) is 1. The van der Waals surface area contributed by atoms with E-state index < -0.39 is 11.6 Å². The van der Waals surface area contributed by atoms with Gasteiger partial charge in [-0.2, -0.15) is 0 Å². The third-order valence-corrected chi connectivity index (χ3v) is 2.97. The Morgan fingerprint density at radius 3 is 2.36 bits per heavy atom. The molecule has 1 unspecified atom stereocenters. The number of ether oxygens (including phenoxy) is 1. The average Bonchev–Trinajstić information content (AvgIpc) is 2.47. The Labute approximate surface area is 131 Å². The van der Waals surface area contributed by atoms with E-state index in [4.69, 9.17) is 10.6 Å². The molecule has 0 amide bonds. The zero-order chi connectivity index (χ0) is 17.1. The van der Waals surface area contributed by atoms with Crippen LogP contribution in [0.15, 0.2) is 18.2 Å². The summed E-state index contributed by atoms with van der Waals surface area (Å²) < 4.78 is 29.5. The van der Waals surface area contributed by atoms with E-state index in [-0.39, 0.29) is 12.0 Å². The van der Waals surface area contributed by atoms with Gasteiger partial charge in [0.1, 0.15) is 6.04 Å². The lowest BCUT2D eigenvalue weighted by atomic mass is 10.2. The molecule has 6 heteroatoms. The molecule has 4 nitrogen and oxygen atoms in total. The summed E-state index contributed by atoms with van der Waals surface area (Å²) in [5.74, 6) is 3.95. The molecule has 0 aliphatic heterocycles. The van der Waals surface area contributed by atoms with Crippen molar-refractivity contribution in [3.63, 3.8) is 0 Å². The SMILES string of the molecule is CCCN(N)C(CC)C(=O)OCC.Cc1cccc(F)c1F. The molecule has 0 saturated heterocycles. The van der Waals surface area contributed by atoms with Crippen LogP contribution in [0.2, 0.25) is 0 Å². The molecule has 2 N–H and O–H groups in total. The van der Waals surface area contributed by atoms with E-state index in [0.29, 0.717) is 18.6 Å². The number of aryl methyl sites for hydroxylation is 1. The first-order valence-electron chi connectivity index (χ1n) is 7.47. The molecule has 1 rings (SSSR count). The van der Waals surface area contributed by atoms with Gasteiger partial charge in [-0.15, -0.1) is 0 Å². The van der Waals surface area contributed by atoms with Crippen LogP contribution in [0.3, 0.4) is 0 Å². The van der Waals surface area contributed by atoms with Crippen molar-refractivity contribution >= 4 is 5.97 Å². The van der Waals surface area contributed by atoms with Crippen molar-refractivity contribution in [3.05, 3.63) is 35.4 Å². The molecule has 1 atom stereocenters. The maximum Gasteiger partial charge on any atom is 0.324 e. The monoisotopic (exact) mass is 316 g/mol. The maximum absolute atomic E-state index is 12.4. The summed E-state index contributed by atoms with van der Waals surface area (Å²) in [5.41, 5.74) is 0.343. The van der Waals surface area contributed by atoms with E-state index in [1.54, 1.807) is 11.9 Å². The molecule has 0 saturated carbocycles. The normalized spacial score (nSPS) is 11.6. The van der Waals surface area contributed by atoms with Crippen LogP contribution in [0.5, 0.6) is 0 Å². The second-order valence-electron chi connectivity index (χ2n) is 4.78. The fourth-order valence-corrected chi connectivity index (χ4v) is 1.80. The summed E-state index contributed by atoms with van der Waals surface area (Å²) in [5, 5.41) is 1.55. The Balaban J connectivity index is 0.000000425. The van der Waals surface area contributed by atoms with Crippen molar-refractivity contribution in [1.29, 1.82) is 0 Å². The lowest BCUT2D eigenvalue weighted by Gasteiger charge is -2.23. The zero-order valence-electron chi connectivity index (χ0n) is 13.7. The quantitative estimate of drug-likeness (QED) is 0.497. The van der Waals surface area contributed by atoms with Crippen molar-refractivity contribution in [2.75, 3.05) is 13.2 Å². The number of hydrogen-bond acceptors (Lipinski definition) is 4. The fraction of sp³-hybridized carbons (Fsp3) is 0.562. The topological polar surface area (TPSA) is 55.6 Å². The minimum atomic E-state index is -0.782. The minimum absolute atomic E-state index is 0.221. The van der Waals surface area contributed by atoms with Gasteiger partial charge in [0, 0.05) is 6.54 Å². The lowest BCUT2D eigenvalue weighted by Crippen LogP contribution is -2.46. The number of hydrogen-bond donors (Lipinski definition) is 1. The fourth-order valence-electron chi connectivity index (χ4n) is 1.80. The number of carbonyl (C=O) groups is 1. The van der Waals surface area contributed by atoms with Crippen LogP contribution >= 0.6 is 0 Å². The molecule has 126 valence electrons. The van der Waals surface area contributed by atoms with E-state index in [2.05, 4.69) is 0 Å². The number of benzene rings is 1. The standard InChI is InChI=1S/C9H20N2O2.C7H6F2/c1-4-7-11(10)8(5-2)9(12)13-6-3;1-5-3-2-4-6(8)7(5)9/h8H,4-7,10H2,1-3H3;2-4H,1H3. The van der Waals surface area contributed by atoms with Gasteiger partial charge >= 0.3 is 5.97 Å². The summed E-state index contributed by atoms with van der Waals surface area (Å²) in [7, 11) is 0. The number of carbonyl (C=O) groups excluding carboxylic acids is 1. The van der Waals surface area contributed by atoms with Crippen molar-refractivity contribution in [1.82, 2.24) is 5.01 Å². The Kier molecular flexibility index (Phi) is 10.3. The van der Waals surface area contributed by atoms with Crippen molar-refractivity contribution in [2.45, 2.75) is 46.6 Å². The molecule has 1 aromatic rings. The molecule has 0 aliphatic carbocycles. The van der Waals surface area contributed by atoms with E-state index in [0.717, 1.165) is 19.0 Å². The zero-order valence-corrected chi connectivity index (χ0v) is 13.7. The van der Waals surface area contributed by atoms with Crippen LogP contribution < -0.4 is 5.84 Å². The Hall–Kier alpha value is -1.53. The van der Waals surface area contributed by atoms with Gasteiger partial charge in [-0.05, 0) is 38.3 Å². The Morgan fingerprint density at radius 2 is 1.95 bits per heavy atom. The van der Waals surface area contributed by atoms with Gasteiger partial charge in [-0.1, -0.05) is 26.0 Å². The van der Waals surface area contributed by atoms with Crippen molar-refractivity contribution in [3.8, 4) is 0 Å². The smallest absolute Gasteiger partial charge is 0.324 e. The highest BCUT2D eigenvalue weighted by Gasteiger charge is 2.22. The predicted octanol–water partition coefficient (Wildman–Crippen LogP) is 3.19. The third kappa shape index (κ3) is 6.95. The van der Waals surface area contributed by atoms with Crippen molar-refractivity contribution in [2.24, 2.45) is 5.84 Å². The highest BCUT2D eigenvalue weighted by Crippen LogP contribution is 2.08. The van der Waals surface area contributed by atoms with E-state index in [1.165, 1.54) is 19.1 Å². The first-order chi connectivity index (χ1) is 10.4. The van der Waals surface area contributed by atoms with Crippen LogP contribution in [-0.4, -0.2) is 30.2 Å². The second-order valence-corrected chi connectivity index (χ2v) is 4.78. The van der Waals surface area contributed by atoms with Crippen LogP contribution in [-0.2, 0) is 9.53 Å². The van der Waals surface area contributed by atoms with Crippen LogP contribution in [0.1, 0.15) is 39.2 Å². The number of halogens is 2. The van der Waals surface area contributed by atoms with Crippen molar-refractivity contribution < 1.29 is 18.3 Å². The van der Waals surface area contributed by atoms with Gasteiger partial charge in [0.25, 0.3) is 0 Å². The van der Waals surface area contributed by atoms with Gasteiger partial charge in [0.05, 0.1) is 6.61 Å². The molecular formula is C16H26F2N2O2. The first-order valence-corrected chi connectivity index (χ1v) is 7.47. The predicted molar refractivity (Wildman–Crippen MR) is 83.0 cm³/mol.